The smallest absolute Gasteiger partial charge is 0.328 e. The molecule has 0 bridgehead atoms. The molecule has 3 atom stereocenters. The first kappa shape index (κ1) is 6.17. The van der Waals surface area contributed by atoms with E-state index in [1.54, 1.807) is 0 Å². The molecule has 0 aromatic rings. The molecule has 0 unspecified atom stereocenters. The fourth-order valence-corrected chi connectivity index (χ4v) is 2.41. The van der Waals surface area contributed by atoms with E-state index in [1.807, 2.05) is 6.07 Å². The van der Waals surface area contributed by atoms with Crippen LogP contribution in [0.2, 0.25) is 0 Å². The molecule has 2 fully saturated rings. The van der Waals surface area contributed by atoms with Gasteiger partial charge in [0, 0.05) is 5.92 Å². The molecular weight excluding hydrogens is 198 g/mol. The second-order valence-corrected chi connectivity index (χ2v) is 3.57. The molecule has 1 saturated carbocycles. The number of carbonyl (C=O) groups excluding carboxylic acids is 1. The van der Waals surface area contributed by atoms with E-state index in [1.165, 1.54) is 0 Å². The molecule has 2 aliphatic rings. The zero-order valence-electron chi connectivity index (χ0n) is 5.00. The van der Waals surface area contributed by atoms with E-state index in [4.69, 9.17) is 5.26 Å². The maximum atomic E-state index is 10.9. The van der Waals surface area contributed by atoms with Crippen LogP contribution >= 0.6 is 15.9 Å². The van der Waals surface area contributed by atoms with Gasteiger partial charge in [0.25, 0.3) is 0 Å². The van der Waals surface area contributed by atoms with Crippen LogP contribution in [0.1, 0.15) is 0 Å². The van der Waals surface area contributed by atoms with E-state index in [0.29, 0.717) is 6.61 Å². The first-order valence-corrected chi connectivity index (χ1v) is 3.87. The van der Waals surface area contributed by atoms with Gasteiger partial charge in [0.2, 0.25) is 0 Å². The van der Waals surface area contributed by atoms with Gasteiger partial charge in [0.05, 0.1) is 17.5 Å². The van der Waals surface area contributed by atoms with Crippen molar-refractivity contribution in [2.75, 3.05) is 6.61 Å². The Hall–Kier alpha value is -0.560. The van der Waals surface area contributed by atoms with Crippen LogP contribution in [0.25, 0.3) is 0 Å². The van der Waals surface area contributed by atoms with Gasteiger partial charge >= 0.3 is 5.97 Å². The van der Waals surface area contributed by atoms with Crippen LogP contribution in [0.4, 0.5) is 0 Å². The highest BCUT2D eigenvalue weighted by molar-refractivity contribution is 9.09. The standard InChI is InChI=1S/C6H4BrNO2/c7-4-3-1-10-5(9)6(3,4)2-8/h3-4H,1H2/t3-,4-,6-/m0/s1. The van der Waals surface area contributed by atoms with E-state index < -0.39 is 5.41 Å². The number of nitriles is 1. The summed E-state index contributed by atoms with van der Waals surface area (Å²) < 4.78 is 4.69. The Bertz CT molecular complexity index is 247. The molecule has 0 amide bonds. The third-order valence-electron chi connectivity index (χ3n) is 2.18. The van der Waals surface area contributed by atoms with Crippen molar-refractivity contribution in [2.45, 2.75) is 4.83 Å². The number of fused-ring (bicyclic) bond motifs is 1. The number of alkyl halides is 1. The SMILES string of the molecule is N#C[C@]12C(=O)OC[C@H]1[C@@H]2Br. The van der Waals surface area contributed by atoms with Crippen molar-refractivity contribution in [3.63, 3.8) is 0 Å². The minimum atomic E-state index is -0.819. The molecule has 52 valence electrons. The molecule has 1 aliphatic heterocycles. The quantitative estimate of drug-likeness (QED) is 0.423. The Labute approximate surface area is 66.1 Å². The maximum absolute atomic E-state index is 10.9. The fraction of sp³-hybridized carbons (Fsp3) is 0.667. The predicted molar refractivity (Wildman–Crippen MR) is 35.2 cm³/mol. The Morgan fingerprint density at radius 1 is 1.90 bits per heavy atom. The zero-order chi connectivity index (χ0) is 7.35. The van der Waals surface area contributed by atoms with E-state index >= 15 is 0 Å². The topological polar surface area (TPSA) is 50.1 Å². The Kier molecular flexibility index (Phi) is 0.948. The van der Waals surface area contributed by atoms with Crippen molar-refractivity contribution in [2.24, 2.45) is 11.3 Å². The van der Waals surface area contributed by atoms with Gasteiger partial charge < -0.3 is 4.74 Å². The summed E-state index contributed by atoms with van der Waals surface area (Å²) in [4.78, 5) is 10.9. The first-order chi connectivity index (χ1) is 4.73. The summed E-state index contributed by atoms with van der Waals surface area (Å²) in [6.07, 6.45) is 0. The van der Waals surface area contributed by atoms with Crippen molar-refractivity contribution in [3.8, 4) is 6.07 Å². The fourth-order valence-electron chi connectivity index (χ4n) is 1.37. The Balaban J connectivity index is 2.38. The minimum Gasteiger partial charge on any atom is -0.464 e. The van der Waals surface area contributed by atoms with Crippen LogP contribution in [0, 0.1) is 22.7 Å². The van der Waals surface area contributed by atoms with Crippen LogP contribution in [-0.4, -0.2) is 17.4 Å². The molecular formula is C6H4BrNO2. The van der Waals surface area contributed by atoms with Crippen LogP contribution in [0.5, 0.6) is 0 Å². The largest absolute Gasteiger partial charge is 0.464 e. The molecule has 0 aromatic carbocycles. The maximum Gasteiger partial charge on any atom is 0.328 e. The van der Waals surface area contributed by atoms with Gasteiger partial charge in [-0.2, -0.15) is 5.26 Å². The summed E-state index contributed by atoms with van der Waals surface area (Å²) in [5, 5.41) is 8.63. The summed E-state index contributed by atoms with van der Waals surface area (Å²) >= 11 is 3.26. The van der Waals surface area contributed by atoms with Gasteiger partial charge in [0.1, 0.15) is 0 Å². The average molecular weight is 202 g/mol. The Morgan fingerprint density at radius 3 is 2.90 bits per heavy atom. The highest BCUT2D eigenvalue weighted by Gasteiger charge is 2.75. The number of halogens is 1. The van der Waals surface area contributed by atoms with Gasteiger partial charge in [-0.1, -0.05) is 15.9 Å². The zero-order valence-corrected chi connectivity index (χ0v) is 6.59. The number of hydrogen-bond acceptors (Lipinski definition) is 3. The lowest BCUT2D eigenvalue weighted by Gasteiger charge is -1.98. The predicted octanol–water partition coefficient (Wildman–Crippen LogP) is 0.446. The summed E-state index contributed by atoms with van der Waals surface area (Å²) in [6, 6.07) is 1.99. The third kappa shape index (κ3) is 0.410. The first-order valence-electron chi connectivity index (χ1n) is 2.96. The molecule has 10 heavy (non-hydrogen) atoms. The third-order valence-corrected chi connectivity index (χ3v) is 3.54. The second kappa shape index (κ2) is 1.54. The Morgan fingerprint density at radius 2 is 2.60 bits per heavy atom. The molecule has 0 aromatic heterocycles. The molecule has 0 radical (unpaired) electrons. The summed E-state index contributed by atoms with van der Waals surface area (Å²) in [5.41, 5.74) is -0.819. The average Bonchev–Trinajstić information content (AvgIpc) is 2.33. The van der Waals surface area contributed by atoms with Crippen LogP contribution in [0.15, 0.2) is 0 Å². The normalized spacial score (nSPS) is 49.4. The van der Waals surface area contributed by atoms with Crippen molar-refractivity contribution < 1.29 is 9.53 Å². The molecule has 0 N–H and O–H groups in total. The van der Waals surface area contributed by atoms with Crippen LogP contribution in [0.3, 0.4) is 0 Å². The van der Waals surface area contributed by atoms with Gasteiger partial charge in [-0.05, 0) is 0 Å². The van der Waals surface area contributed by atoms with Crippen molar-refractivity contribution in [3.05, 3.63) is 0 Å². The number of nitrogens with zero attached hydrogens (tertiary/aromatic N) is 1. The lowest BCUT2D eigenvalue weighted by molar-refractivity contribution is -0.142. The van der Waals surface area contributed by atoms with Crippen LogP contribution in [-0.2, 0) is 9.53 Å². The molecule has 3 nitrogen and oxygen atoms in total. The molecule has 1 heterocycles. The van der Waals surface area contributed by atoms with Crippen molar-refractivity contribution in [1.82, 2.24) is 0 Å². The monoisotopic (exact) mass is 201 g/mol. The number of cyclic esters (lactones) is 1. The molecule has 1 saturated heterocycles. The lowest BCUT2D eigenvalue weighted by Crippen LogP contribution is -2.15. The number of hydrogen-bond donors (Lipinski definition) is 0. The van der Waals surface area contributed by atoms with E-state index in [9.17, 15) is 4.79 Å². The molecule has 0 spiro atoms. The van der Waals surface area contributed by atoms with E-state index in [-0.39, 0.29) is 16.7 Å². The number of carbonyl (C=O) groups is 1. The van der Waals surface area contributed by atoms with Gasteiger partial charge in [-0.15, -0.1) is 0 Å². The highest BCUT2D eigenvalue weighted by atomic mass is 79.9. The van der Waals surface area contributed by atoms with Gasteiger partial charge in [-0.3, -0.25) is 4.79 Å². The van der Waals surface area contributed by atoms with Crippen molar-refractivity contribution in [1.29, 1.82) is 5.26 Å². The molecule has 1 aliphatic carbocycles. The molecule has 4 heteroatoms. The highest BCUT2D eigenvalue weighted by Crippen LogP contribution is 2.61. The van der Waals surface area contributed by atoms with E-state index in [2.05, 4.69) is 20.7 Å². The number of rotatable bonds is 0. The number of ether oxygens (including phenoxy) is 1. The lowest BCUT2D eigenvalue weighted by atomic mass is 10.1. The van der Waals surface area contributed by atoms with Gasteiger partial charge in [-0.25, -0.2) is 0 Å². The minimum absolute atomic E-state index is 0.0336. The summed E-state index contributed by atoms with van der Waals surface area (Å²) in [6.45, 7) is 0.405. The second-order valence-electron chi connectivity index (χ2n) is 2.59. The summed E-state index contributed by atoms with van der Waals surface area (Å²) in [5.74, 6) is -0.258. The van der Waals surface area contributed by atoms with Gasteiger partial charge in [0.15, 0.2) is 5.41 Å². The van der Waals surface area contributed by atoms with Crippen molar-refractivity contribution >= 4 is 21.9 Å². The summed E-state index contributed by atoms with van der Waals surface area (Å²) in [7, 11) is 0. The number of esters is 1. The molecule has 2 rings (SSSR count). The van der Waals surface area contributed by atoms with Crippen LogP contribution < -0.4 is 0 Å². The van der Waals surface area contributed by atoms with E-state index in [0.717, 1.165) is 0 Å².